The molecular weight excluding hydrogens is 285 g/mol. The van der Waals surface area contributed by atoms with Gasteiger partial charge >= 0.3 is 12.1 Å². The van der Waals surface area contributed by atoms with E-state index in [0.29, 0.717) is 25.2 Å². The molecule has 21 heavy (non-hydrogen) atoms. The van der Waals surface area contributed by atoms with Crippen LogP contribution in [0.15, 0.2) is 0 Å². The van der Waals surface area contributed by atoms with E-state index in [1.807, 2.05) is 0 Å². The van der Waals surface area contributed by atoms with Gasteiger partial charge in [0.1, 0.15) is 11.4 Å². The zero-order valence-corrected chi connectivity index (χ0v) is 12.1. The van der Waals surface area contributed by atoms with Crippen molar-refractivity contribution in [1.82, 2.24) is 0 Å². The maximum absolute atomic E-state index is 12.9. The largest absolute Gasteiger partial charge is 0.458 e. The lowest BCUT2D eigenvalue weighted by atomic mass is 9.53. The Balaban J connectivity index is 1.80. The molecule has 0 N–H and O–H groups in total. The van der Waals surface area contributed by atoms with Crippen molar-refractivity contribution in [3.8, 4) is 0 Å². The van der Waals surface area contributed by atoms with E-state index < -0.39 is 23.2 Å². The minimum Gasteiger partial charge on any atom is -0.458 e. The van der Waals surface area contributed by atoms with Gasteiger partial charge in [-0.15, -0.1) is 0 Å². The Hall–Kier alpha value is -1.07. The van der Waals surface area contributed by atoms with Crippen LogP contribution in [0, 0.1) is 23.2 Å². The molecule has 0 aliphatic heterocycles. The van der Waals surface area contributed by atoms with Crippen molar-refractivity contribution in [3.05, 3.63) is 0 Å². The highest BCUT2D eigenvalue weighted by Crippen LogP contribution is 2.56. The van der Waals surface area contributed by atoms with E-state index in [2.05, 4.69) is 0 Å². The molecule has 0 radical (unpaired) electrons. The molecule has 0 spiro atoms. The van der Waals surface area contributed by atoms with Crippen LogP contribution in [0.5, 0.6) is 0 Å². The fraction of sp³-hybridized carbons (Fsp3) is 0.867. The highest BCUT2D eigenvalue weighted by atomic mass is 19.4. The average Bonchev–Trinajstić information content (AvgIpc) is 2.32. The van der Waals surface area contributed by atoms with E-state index in [4.69, 9.17) is 4.74 Å². The van der Waals surface area contributed by atoms with Crippen LogP contribution in [0.25, 0.3) is 0 Å². The maximum Gasteiger partial charge on any atom is 0.404 e. The Morgan fingerprint density at radius 2 is 1.67 bits per heavy atom. The predicted octanol–water partition coefficient (Wildman–Crippen LogP) is 3.27. The smallest absolute Gasteiger partial charge is 0.404 e. The minimum atomic E-state index is -4.64. The van der Waals surface area contributed by atoms with Crippen molar-refractivity contribution in [2.45, 2.75) is 57.7 Å². The number of Topliss-reactive ketones (excluding diaryl/α,β-unsaturated/α-hetero) is 1. The fourth-order valence-corrected chi connectivity index (χ4v) is 4.24. The summed E-state index contributed by atoms with van der Waals surface area (Å²) in [6, 6.07) is 0. The number of carbonyl (C=O) groups excluding carboxylic acids is 2. The SMILES string of the molecule is CC(C)(C(=O)OC12CC3CC(C1)C(=O)C(C3)C2)C(F)(F)F. The topological polar surface area (TPSA) is 43.4 Å². The molecule has 0 heterocycles. The van der Waals surface area contributed by atoms with Crippen molar-refractivity contribution < 1.29 is 27.5 Å². The van der Waals surface area contributed by atoms with Crippen molar-refractivity contribution in [3.63, 3.8) is 0 Å². The van der Waals surface area contributed by atoms with Crippen LogP contribution >= 0.6 is 0 Å². The van der Waals surface area contributed by atoms with Gasteiger partial charge in [-0.3, -0.25) is 9.59 Å². The van der Waals surface area contributed by atoms with Gasteiger partial charge in [0, 0.05) is 11.8 Å². The van der Waals surface area contributed by atoms with Crippen molar-refractivity contribution in [2.75, 3.05) is 0 Å². The number of hydrogen-bond donors (Lipinski definition) is 0. The van der Waals surface area contributed by atoms with E-state index in [9.17, 15) is 22.8 Å². The number of halogens is 3. The van der Waals surface area contributed by atoms with Gasteiger partial charge in [0.15, 0.2) is 5.41 Å². The van der Waals surface area contributed by atoms with Crippen LogP contribution in [0.3, 0.4) is 0 Å². The normalized spacial score (nSPS) is 38.7. The molecule has 4 aliphatic carbocycles. The Kier molecular flexibility index (Phi) is 2.99. The molecule has 4 bridgehead atoms. The summed E-state index contributed by atoms with van der Waals surface area (Å²) in [6.45, 7) is 1.70. The third kappa shape index (κ3) is 2.18. The monoisotopic (exact) mass is 304 g/mol. The van der Waals surface area contributed by atoms with Gasteiger partial charge in [0.2, 0.25) is 0 Å². The third-order valence-electron chi connectivity index (χ3n) is 5.47. The molecule has 2 unspecified atom stereocenters. The van der Waals surface area contributed by atoms with Crippen LogP contribution in [0.1, 0.15) is 46.0 Å². The molecule has 0 amide bonds. The van der Waals surface area contributed by atoms with Crippen LogP contribution in [0.4, 0.5) is 13.2 Å². The lowest BCUT2D eigenvalue weighted by Gasteiger charge is -2.55. The van der Waals surface area contributed by atoms with Crippen molar-refractivity contribution in [1.29, 1.82) is 0 Å². The number of ether oxygens (including phenoxy) is 1. The summed E-state index contributed by atoms with van der Waals surface area (Å²) in [5, 5.41) is 0. The predicted molar refractivity (Wildman–Crippen MR) is 67.2 cm³/mol. The molecule has 0 aromatic rings. The van der Waals surface area contributed by atoms with E-state index >= 15 is 0 Å². The number of hydrogen-bond acceptors (Lipinski definition) is 3. The zero-order chi connectivity index (χ0) is 15.6. The molecule has 6 heteroatoms. The summed E-state index contributed by atoms with van der Waals surface area (Å²) in [4.78, 5) is 24.1. The highest BCUT2D eigenvalue weighted by Gasteiger charge is 2.60. The van der Waals surface area contributed by atoms with Gasteiger partial charge in [-0.1, -0.05) is 0 Å². The Morgan fingerprint density at radius 3 is 2.14 bits per heavy atom. The second kappa shape index (κ2) is 4.23. The molecule has 4 rings (SSSR count). The number of carbonyl (C=O) groups is 2. The number of alkyl halides is 3. The fourth-order valence-electron chi connectivity index (χ4n) is 4.24. The van der Waals surface area contributed by atoms with E-state index in [-0.39, 0.29) is 17.6 Å². The Morgan fingerprint density at radius 1 is 1.14 bits per heavy atom. The van der Waals surface area contributed by atoms with E-state index in [1.54, 1.807) is 0 Å². The molecule has 3 nitrogen and oxygen atoms in total. The van der Waals surface area contributed by atoms with Gasteiger partial charge in [-0.05, 0) is 51.9 Å². The zero-order valence-electron chi connectivity index (χ0n) is 12.1. The van der Waals surface area contributed by atoms with Crippen molar-refractivity contribution >= 4 is 11.8 Å². The van der Waals surface area contributed by atoms with Crippen LogP contribution in [-0.2, 0) is 14.3 Å². The third-order valence-corrected chi connectivity index (χ3v) is 5.47. The molecule has 4 saturated carbocycles. The molecular formula is C15H19F3O3. The lowest BCUT2D eigenvalue weighted by molar-refractivity contribution is -0.241. The molecule has 0 saturated heterocycles. The number of esters is 1. The highest BCUT2D eigenvalue weighted by molar-refractivity contribution is 5.86. The van der Waals surface area contributed by atoms with Gasteiger partial charge < -0.3 is 4.74 Å². The molecule has 0 aromatic heterocycles. The molecule has 2 atom stereocenters. The van der Waals surface area contributed by atoms with Gasteiger partial charge in [0.05, 0.1) is 0 Å². The summed E-state index contributed by atoms with van der Waals surface area (Å²) >= 11 is 0. The van der Waals surface area contributed by atoms with E-state index in [1.165, 1.54) is 0 Å². The standard InChI is InChI=1S/C15H19F3O3/c1-13(2,15(16,17)18)12(20)21-14-5-8-3-9(6-14)11(19)10(4-8)7-14/h8-10H,3-7H2,1-2H3. The average molecular weight is 304 g/mol. The lowest BCUT2D eigenvalue weighted by Crippen LogP contribution is -2.58. The van der Waals surface area contributed by atoms with E-state index in [0.717, 1.165) is 26.7 Å². The molecule has 4 fully saturated rings. The number of rotatable bonds is 2. The van der Waals surface area contributed by atoms with Gasteiger partial charge in [-0.25, -0.2) is 0 Å². The van der Waals surface area contributed by atoms with Crippen LogP contribution < -0.4 is 0 Å². The van der Waals surface area contributed by atoms with Crippen LogP contribution in [-0.4, -0.2) is 23.5 Å². The van der Waals surface area contributed by atoms with Gasteiger partial charge in [0.25, 0.3) is 0 Å². The summed E-state index contributed by atoms with van der Waals surface area (Å²) in [7, 11) is 0. The summed E-state index contributed by atoms with van der Waals surface area (Å²) < 4.78 is 44.2. The summed E-state index contributed by atoms with van der Waals surface area (Å²) in [6.07, 6.45) is -1.62. The summed E-state index contributed by atoms with van der Waals surface area (Å²) in [5.41, 5.74) is -3.36. The van der Waals surface area contributed by atoms with Crippen molar-refractivity contribution in [2.24, 2.45) is 23.2 Å². The molecule has 4 aliphatic rings. The van der Waals surface area contributed by atoms with Gasteiger partial charge in [-0.2, -0.15) is 13.2 Å². The first-order chi connectivity index (χ1) is 9.54. The maximum atomic E-state index is 12.9. The minimum absolute atomic E-state index is 0.127. The summed E-state index contributed by atoms with van der Waals surface area (Å²) in [5.74, 6) is -0.949. The Bertz CT molecular complexity index is 477. The molecule has 0 aromatic carbocycles. The first kappa shape index (κ1) is 14.9. The second-order valence-electron chi connectivity index (χ2n) is 7.44. The first-order valence-electron chi connectivity index (χ1n) is 7.38. The second-order valence-corrected chi connectivity index (χ2v) is 7.44. The number of ketones is 1. The quantitative estimate of drug-likeness (QED) is 0.735. The molecule has 118 valence electrons. The first-order valence-corrected chi connectivity index (χ1v) is 7.38. The Labute approximate surface area is 121 Å². The van der Waals surface area contributed by atoms with Crippen LogP contribution in [0.2, 0.25) is 0 Å².